The van der Waals surface area contributed by atoms with E-state index in [9.17, 15) is 8.78 Å². The molecule has 2 aromatic carbocycles. The molecule has 0 saturated heterocycles. The molecule has 106 valence electrons. The Morgan fingerprint density at radius 2 is 1.50 bits per heavy atom. The van der Waals surface area contributed by atoms with Gasteiger partial charge in [0.25, 0.3) is 0 Å². The van der Waals surface area contributed by atoms with Crippen LogP contribution in [-0.4, -0.2) is 0 Å². The molecule has 1 unspecified atom stereocenters. The highest BCUT2D eigenvalue weighted by Gasteiger charge is 2.20. The van der Waals surface area contributed by atoms with Crippen LogP contribution in [0.2, 0.25) is 0 Å². The molecular weight excluding hydrogens is 254 g/mol. The molecule has 0 N–H and O–H groups in total. The summed E-state index contributed by atoms with van der Waals surface area (Å²) in [6.45, 7) is 6.30. The predicted molar refractivity (Wildman–Crippen MR) is 78.9 cm³/mol. The summed E-state index contributed by atoms with van der Waals surface area (Å²) in [6, 6.07) is 11.6. The first-order valence-electron chi connectivity index (χ1n) is 7.06. The number of halogens is 2. The Kier molecular flexibility index (Phi) is 4.53. The fourth-order valence-corrected chi connectivity index (χ4v) is 2.78. The third-order valence-corrected chi connectivity index (χ3v) is 3.72. The lowest BCUT2D eigenvalue weighted by atomic mass is 9.80. The molecule has 2 heteroatoms. The average molecular weight is 274 g/mol. The monoisotopic (exact) mass is 274 g/mol. The van der Waals surface area contributed by atoms with Crippen LogP contribution in [-0.2, 0) is 6.42 Å². The van der Waals surface area contributed by atoms with Crippen LogP contribution in [0.5, 0.6) is 0 Å². The Morgan fingerprint density at radius 1 is 0.900 bits per heavy atom. The zero-order valence-corrected chi connectivity index (χ0v) is 12.2. The molecule has 0 bridgehead atoms. The maximum atomic E-state index is 13.4. The minimum absolute atomic E-state index is 0.158. The fourth-order valence-electron chi connectivity index (χ4n) is 2.78. The van der Waals surface area contributed by atoms with E-state index in [-0.39, 0.29) is 17.6 Å². The van der Waals surface area contributed by atoms with Gasteiger partial charge in [-0.25, -0.2) is 8.78 Å². The van der Waals surface area contributed by atoms with Gasteiger partial charge in [0.15, 0.2) is 0 Å². The number of hydrogen-bond donors (Lipinski definition) is 0. The molecule has 0 aromatic heterocycles. The van der Waals surface area contributed by atoms with Crippen LogP contribution in [0.1, 0.15) is 43.4 Å². The molecule has 0 spiro atoms. The SMILES string of the molecule is CCc1cc(F)ccc1C(c1ccc(F)cc1)C(C)C. The molecule has 0 radical (unpaired) electrons. The largest absolute Gasteiger partial charge is 0.207 e. The van der Waals surface area contributed by atoms with Crippen LogP contribution in [0.15, 0.2) is 42.5 Å². The maximum absolute atomic E-state index is 13.4. The van der Waals surface area contributed by atoms with E-state index >= 15 is 0 Å². The Morgan fingerprint density at radius 3 is 2.05 bits per heavy atom. The standard InChI is InChI=1S/C18H20F2/c1-4-13-11-16(20)9-10-17(13)18(12(2)3)14-5-7-15(19)8-6-14/h5-12,18H,4H2,1-3H3. The Labute approximate surface area is 119 Å². The van der Waals surface area contributed by atoms with Gasteiger partial charge in [0.05, 0.1) is 0 Å². The molecule has 0 saturated carbocycles. The normalized spacial score (nSPS) is 12.7. The van der Waals surface area contributed by atoms with Crippen molar-refractivity contribution < 1.29 is 8.78 Å². The van der Waals surface area contributed by atoms with E-state index in [2.05, 4.69) is 13.8 Å². The second-order valence-corrected chi connectivity index (χ2v) is 5.47. The molecule has 20 heavy (non-hydrogen) atoms. The molecule has 0 aliphatic heterocycles. The summed E-state index contributed by atoms with van der Waals surface area (Å²) in [4.78, 5) is 0. The quantitative estimate of drug-likeness (QED) is 0.708. The van der Waals surface area contributed by atoms with Crippen LogP contribution in [0.4, 0.5) is 8.78 Å². The predicted octanol–water partition coefficient (Wildman–Crippen LogP) is 5.32. The lowest BCUT2D eigenvalue weighted by molar-refractivity contribution is 0.554. The first-order valence-corrected chi connectivity index (χ1v) is 7.06. The second-order valence-electron chi connectivity index (χ2n) is 5.47. The van der Waals surface area contributed by atoms with Gasteiger partial charge in [0.2, 0.25) is 0 Å². The molecular formula is C18H20F2. The Balaban J connectivity index is 2.51. The summed E-state index contributed by atoms with van der Waals surface area (Å²) in [5, 5.41) is 0. The smallest absolute Gasteiger partial charge is 0.123 e. The van der Waals surface area contributed by atoms with Gasteiger partial charge in [-0.15, -0.1) is 0 Å². The van der Waals surface area contributed by atoms with Gasteiger partial charge in [0, 0.05) is 5.92 Å². The highest BCUT2D eigenvalue weighted by atomic mass is 19.1. The summed E-state index contributed by atoms with van der Waals surface area (Å²) in [6.07, 6.45) is 0.789. The highest BCUT2D eigenvalue weighted by molar-refractivity contribution is 5.39. The summed E-state index contributed by atoms with van der Waals surface area (Å²) >= 11 is 0. The summed E-state index contributed by atoms with van der Waals surface area (Å²) in [5.41, 5.74) is 3.23. The van der Waals surface area contributed by atoms with Crippen molar-refractivity contribution in [3.8, 4) is 0 Å². The highest BCUT2D eigenvalue weighted by Crippen LogP contribution is 2.34. The van der Waals surface area contributed by atoms with Gasteiger partial charge in [0.1, 0.15) is 11.6 Å². The minimum Gasteiger partial charge on any atom is -0.207 e. The molecule has 0 amide bonds. The van der Waals surface area contributed by atoms with Crippen LogP contribution >= 0.6 is 0 Å². The number of hydrogen-bond acceptors (Lipinski definition) is 0. The first kappa shape index (κ1) is 14.7. The van der Waals surface area contributed by atoms with Crippen molar-refractivity contribution in [2.24, 2.45) is 5.92 Å². The Bertz CT molecular complexity index is 570. The zero-order valence-electron chi connectivity index (χ0n) is 12.2. The van der Waals surface area contributed by atoms with Gasteiger partial charge in [-0.05, 0) is 53.3 Å². The lowest BCUT2D eigenvalue weighted by Gasteiger charge is -2.24. The van der Waals surface area contributed by atoms with E-state index < -0.39 is 0 Å². The zero-order chi connectivity index (χ0) is 14.7. The summed E-state index contributed by atoms with van der Waals surface area (Å²) in [5.74, 6) is 0.0839. The first-order chi connectivity index (χ1) is 9.52. The second kappa shape index (κ2) is 6.17. The third-order valence-electron chi connectivity index (χ3n) is 3.72. The number of benzene rings is 2. The van der Waals surface area contributed by atoms with E-state index in [1.807, 2.05) is 25.1 Å². The topological polar surface area (TPSA) is 0 Å². The van der Waals surface area contributed by atoms with Crippen molar-refractivity contribution in [1.29, 1.82) is 0 Å². The molecule has 0 nitrogen and oxygen atoms in total. The van der Waals surface area contributed by atoms with Crippen molar-refractivity contribution in [3.63, 3.8) is 0 Å². The maximum Gasteiger partial charge on any atom is 0.123 e. The molecule has 1 atom stereocenters. The summed E-state index contributed by atoms with van der Waals surface area (Å²) in [7, 11) is 0. The van der Waals surface area contributed by atoms with Crippen LogP contribution < -0.4 is 0 Å². The molecule has 2 rings (SSSR count). The van der Waals surface area contributed by atoms with Crippen LogP contribution in [0.25, 0.3) is 0 Å². The molecule has 0 heterocycles. The lowest BCUT2D eigenvalue weighted by Crippen LogP contribution is -2.11. The van der Waals surface area contributed by atoms with Gasteiger partial charge in [-0.2, -0.15) is 0 Å². The van der Waals surface area contributed by atoms with Crippen molar-refractivity contribution in [2.75, 3.05) is 0 Å². The molecule has 2 aromatic rings. The van der Waals surface area contributed by atoms with Crippen LogP contribution in [0, 0.1) is 17.6 Å². The molecule has 0 aliphatic carbocycles. The van der Waals surface area contributed by atoms with E-state index in [0.29, 0.717) is 5.92 Å². The van der Waals surface area contributed by atoms with Gasteiger partial charge in [-0.3, -0.25) is 0 Å². The minimum atomic E-state index is -0.230. The van der Waals surface area contributed by atoms with Gasteiger partial charge < -0.3 is 0 Å². The van der Waals surface area contributed by atoms with Crippen molar-refractivity contribution >= 4 is 0 Å². The van der Waals surface area contributed by atoms with Crippen molar-refractivity contribution in [3.05, 3.63) is 70.8 Å². The summed E-state index contributed by atoms with van der Waals surface area (Å²) < 4.78 is 26.5. The fraction of sp³-hybridized carbons (Fsp3) is 0.333. The van der Waals surface area contributed by atoms with Crippen molar-refractivity contribution in [2.45, 2.75) is 33.1 Å². The van der Waals surface area contributed by atoms with Crippen molar-refractivity contribution in [1.82, 2.24) is 0 Å². The van der Waals surface area contributed by atoms with E-state index in [0.717, 1.165) is 23.1 Å². The van der Waals surface area contributed by atoms with Gasteiger partial charge in [-0.1, -0.05) is 39.0 Å². The Hall–Kier alpha value is -1.70. The number of rotatable bonds is 4. The van der Waals surface area contributed by atoms with E-state index in [4.69, 9.17) is 0 Å². The van der Waals surface area contributed by atoms with E-state index in [1.165, 1.54) is 18.2 Å². The molecule has 0 aliphatic rings. The third kappa shape index (κ3) is 3.06. The average Bonchev–Trinajstić information content (AvgIpc) is 2.42. The van der Waals surface area contributed by atoms with E-state index in [1.54, 1.807) is 6.07 Å². The number of aryl methyl sites for hydroxylation is 1. The molecule has 0 fully saturated rings. The van der Waals surface area contributed by atoms with Gasteiger partial charge >= 0.3 is 0 Å². The van der Waals surface area contributed by atoms with Crippen LogP contribution in [0.3, 0.4) is 0 Å².